The Morgan fingerprint density at radius 1 is 1.39 bits per heavy atom. The number of benzene rings is 1. The lowest BCUT2D eigenvalue weighted by Gasteiger charge is -2.09. The first-order valence-corrected chi connectivity index (χ1v) is 7.69. The molecule has 0 bridgehead atoms. The molecule has 1 aliphatic heterocycles. The van der Waals surface area contributed by atoms with E-state index in [4.69, 9.17) is 0 Å². The van der Waals surface area contributed by atoms with Crippen molar-refractivity contribution in [3.63, 3.8) is 0 Å². The number of nitrogens with zero attached hydrogens (tertiary/aromatic N) is 3. The molecule has 3 N–H and O–H groups in total. The van der Waals surface area contributed by atoms with Crippen molar-refractivity contribution in [3.8, 4) is 11.1 Å². The molecule has 3 heterocycles. The third-order valence-electron chi connectivity index (χ3n) is 4.21. The van der Waals surface area contributed by atoms with Gasteiger partial charge in [0.1, 0.15) is 0 Å². The van der Waals surface area contributed by atoms with E-state index in [1.165, 1.54) is 0 Å². The summed E-state index contributed by atoms with van der Waals surface area (Å²) in [6.45, 7) is 1.76. The number of hydrogen-bond donors (Lipinski definition) is 3. The number of amides is 1. The maximum atomic E-state index is 12.5. The van der Waals surface area contributed by atoms with Crippen LogP contribution in [0.2, 0.25) is 0 Å². The number of rotatable bonds is 3. The van der Waals surface area contributed by atoms with Gasteiger partial charge < -0.3 is 10.6 Å². The second-order valence-electron chi connectivity index (χ2n) is 5.90. The van der Waals surface area contributed by atoms with Crippen LogP contribution in [0.25, 0.3) is 22.0 Å². The highest BCUT2D eigenvalue weighted by atomic mass is 16.2. The highest BCUT2D eigenvalue weighted by molar-refractivity contribution is 6.05. The van der Waals surface area contributed by atoms with Crippen LogP contribution in [0.15, 0.2) is 30.6 Å². The van der Waals surface area contributed by atoms with Crippen molar-refractivity contribution in [1.82, 2.24) is 30.6 Å². The molecule has 1 aliphatic rings. The molecule has 0 unspecified atom stereocenters. The molecule has 1 amide bonds. The predicted octanol–water partition coefficient (Wildman–Crippen LogP) is 1.06. The van der Waals surface area contributed by atoms with Crippen molar-refractivity contribution in [2.24, 2.45) is 7.05 Å². The molecule has 2 aromatic heterocycles. The van der Waals surface area contributed by atoms with E-state index in [9.17, 15) is 4.79 Å². The second kappa shape index (κ2) is 5.51. The van der Waals surface area contributed by atoms with Crippen molar-refractivity contribution >= 4 is 16.8 Å². The highest BCUT2D eigenvalue weighted by Gasteiger charge is 2.21. The van der Waals surface area contributed by atoms with E-state index in [1.54, 1.807) is 4.68 Å². The van der Waals surface area contributed by atoms with Gasteiger partial charge in [0.25, 0.3) is 5.91 Å². The van der Waals surface area contributed by atoms with Gasteiger partial charge in [-0.1, -0.05) is 6.07 Å². The van der Waals surface area contributed by atoms with E-state index >= 15 is 0 Å². The SMILES string of the molecule is Cn1cc(-c2ccc3[nH]nc(C(=O)N[C@@H]4CCNC4)c3c2)cn1. The minimum atomic E-state index is -0.131. The van der Waals surface area contributed by atoms with Gasteiger partial charge in [-0.05, 0) is 30.7 Å². The van der Waals surface area contributed by atoms with E-state index in [0.29, 0.717) is 5.69 Å². The fraction of sp³-hybridized carbons (Fsp3) is 0.312. The Labute approximate surface area is 133 Å². The van der Waals surface area contributed by atoms with Crippen molar-refractivity contribution in [1.29, 1.82) is 0 Å². The first-order valence-electron chi connectivity index (χ1n) is 7.69. The first-order chi connectivity index (χ1) is 11.2. The van der Waals surface area contributed by atoms with Crippen molar-refractivity contribution < 1.29 is 4.79 Å². The van der Waals surface area contributed by atoms with E-state index in [1.807, 2.05) is 37.6 Å². The third-order valence-corrected chi connectivity index (χ3v) is 4.21. The van der Waals surface area contributed by atoms with Crippen LogP contribution in [0.1, 0.15) is 16.9 Å². The molecule has 4 rings (SSSR count). The summed E-state index contributed by atoms with van der Waals surface area (Å²) in [5, 5.41) is 18.4. The van der Waals surface area contributed by atoms with E-state index in [2.05, 4.69) is 25.9 Å². The molecule has 1 atom stereocenters. The lowest BCUT2D eigenvalue weighted by molar-refractivity contribution is 0.0936. The van der Waals surface area contributed by atoms with Gasteiger partial charge in [0, 0.05) is 36.8 Å². The number of aromatic nitrogens is 4. The molecule has 23 heavy (non-hydrogen) atoms. The molecule has 3 aromatic rings. The lowest BCUT2D eigenvalue weighted by atomic mass is 10.1. The normalized spacial score (nSPS) is 17.7. The summed E-state index contributed by atoms with van der Waals surface area (Å²) in [6.07, 6.45) is 4.71. The van der Waals surface area contributed by atoms with Crippen LogP contribution in [0.3, 0.4) is 0 Å². The van der Waals surface area contributed by atoms with E-state index < -0.39 is 0 Å². The number of nitrogens with one attached hydrogen (secondary N) is 3. The predicted molar refractivity (Wildman–Crippen MR) is 87.0 cm³/mol. The van der Waals surface area contributed by atoms with Gasteiger partial charge in [0.15, 0.2) is 5.69 Å². The van der Waals surface area contributed by atoms with Crippen molar-refractivity contribution in [2.45, 2.75) is 12.5 Å². The fourth-order valence-electron chi connectivity index (χ4n) is 2.97. The zero-order valence-corrected chi connectivity index (χ0v) is 12.8. The highest BCUT2D eigenvalue weighted by Crippen LogP contribution is 2.25. The Bertz CT molecular complexity index is 858. The first kappa shape index (κ1) is 14.0. The van der Waals surface area contributed by atoms with Crippen LogP contribution < -0.4 is 10.6 Å². The average Bonchev–Trinajstić information content (AvgIpc) is 3.26. The maximum absolute atomic E-state index is 12.5. The standard InChI is InChI=1S/C16H18N6O/c1-22-9-11(7-18-22)10-2-3-14-13(6-10)15(21-20-14)16(23)19-12-4-5-17-8-12/h2-3,6-7,9,12,17H,4-5,8H2,1H3,(H,19,23)(H,20,21)/t12-/m1/s1. The van der Waals surface area contributed by atoms with Crippen molar-refractivity contribution in [3.05, 3.63) is 36.3 Å². The quantitative estimate of drug-likeness (QED) is 0.675. The molecule has 0 spiro atoms. The number of aryl methyl sites for hydroxylation is 1. The van der Waals surface area contributed by atoms with Gasteiger partial charge >= 0.3 is 0 Å². The van der Waals surface area contributed by atoms with Crippen LogP contribution in [-0.2, 0) is 7.05 Å². The number of hydrogen-bond acceptors (Lipinski definition) is 4. The van der Waals surface area contributed by atoms with E-state index in [0.717, 1.165) is 41.5 Å². The molecule has 7 nitrogen and oxygen atoms in total. The molecule has 0 saturated carbocycles. The molecular formula is C16H18N6O. The Balaban J connectivity index is 1.68. The van der Waals surface area contributed by atoms with Gasteiger partial charge in [0.05, 0.1) is 11.7 Å². The molecule has 0 aliphatic carbocycles. The molecule has 1 saturated heterocycles. The molecule has 0 radical (unpaired) electrons. The number of carbonyl (C=O) groups excluding carboxylic acids is 1. The minimum absolute atomic E-state index is 0.131. The Hall–Kier alpha value is -2.67. The average molecular weight is 310 g/mol. The summed E-state index contributed by atoms with van der Waals surface area (Å²) >= 11 is 0. The van der Waals surface area contributed by atoms with Crippen LogP contribution >= 0.6 is 0 Å². The summed E-state index contributed by atoms with van der Waals surface area (Å²) in [5.41, 5.74) is 3.33. The smallest absolute Gasteiger partial charge is 0.272 e. The van der Waals surface area contributed by atoms with Crippen LogP contribution in [0, 0.1) is 0 Å². The molecule has 7 heteroatoms. The monoisotopic (exact) mass is 310 g/mol. The Kier molecular flexibility index (Phi) is 3.34. The maximum Gasteiger partial charge on any atom is 0.272 e. The Morgan fingerprint density at radius 3 is 3.04 bits per heavy atom. The van der Waals surface area contributed by atoms with Crippen LogP contribution in [0.5, 0.6) is 0 Å². The van der Waals surface area contributed by atoms with E-state index in [-0.39, 0.29) is 11.9 Å². The lowest BCUT2D eigenvalue weighted by Crippen LogP contribution is -2.36. The number of aromatic amines is 1. The van der Waals surface area contributed by atoms with Gasteiger partial charge in [-0.2, -0.15) is 10.2 Å². The largest absolute Gasteiger partial charge is 0.347 e. The second-order valence-corrected chi connectivity index (χ2v) is 5.90. The summed E-state index contributed by atoms with van der Waals surface area (Å²) < 4.78 is 1.76. The van der Waals surface area contributed by atoms with Crippen molar-refractivity contribution in [2.75, 3.05) is 13.1 Å². The molecule has 118 valence electrons. The van der Waals surface area contributed by atoms with Crippen LogP contribution in [0.4, 0.5) is 0 Å². The fourth-order valence-corrected chi connectivity index (χ4v) is 2.97. The zero-order chi connectivity index (χ0) is 15.8. The zero-order valence-electron chi connectivity index (χ0n) is 12.8. The third kappa shape index (κ3) is 2.59. The molecule has 1 aromatic carbocycles. The summed E-state index contributed by atoms with van der Waals surface area (Å²) in [5.74, 6) is -0.131. The van der Waals surface area contributed by atoms with Gasteiger partial charge in [0.2, 0.25) is 0 Å². The number of H-pyrrole nitrogens is 1. The van der Waals surface area contributed by atoms with Gasteiger partial charge in [-0.15, -0.1) is 0 Å². The Morgan fingerprint density at radius 2 is 2.30 bits per heavy atom. The number of carbonyl (C=O) groups is 1. The summed E-state index contributed by atoms with van der Waals surface area (Å²) in [4.78, 5) is 12.5. The topological polar surface area (TPSA) is 87.6 Å². The molecule has 1 fully saturated rings. The van der Waals surface area contributed by atoms with Gasteiger partial charge in [-0.3, -0.25) is 14.6 Å². The minimum Gasteiger partial charge on any atom is -0.347 e. The van der Waals surface area contributed by atoms with Crippen LogP contribution in [-0.4, -0.2) is 45.0 Å². The summed E-state index contributed by atoms with van der Waals surface area (Å²) in [6, 6.07) is 6.10. The number of fused-ring (bicyclic) bond motifs is 1. The van der Waals surface area contributed by atoms with Gasteiger partial charge in [-0.25, -0.2) is 0 Å². The molecular weight excluding hydrogens is 292 g/mol. The summed E-state index contributed by atoms with van der Waals surface area (Å²) in [7, 11) is 1.88.